The van der Waals surface area contributed by atoms with Crippen LogP contribution in [0, 0.1) is 13.8 Å². The number of hydrogen-bond acceptors (Lipinski definition) is 1. The Morgan fingerprint density at radius 3 is 2.44 bits per heavy atom. The minimum Gasteiger partial charge on any atom is -0.241 e. The molecule has 1 aliphatic rings. The average molecular weight is 335 g/mol. The normalized spacial score (nSPS) is 25.2. The summed E-state index contributed by atoms with van der Waals surface area (Å²) >= 11 is 0. The lowest BCUT2D eigenvalue weighted by Gasteiger charge is -2.47. The maximum atomic E-state index is 12.9. The lowest BCUT2D eigenvalue weighted by molar-refractivity contribution is -0.754. The molecule has 0 saturated carbocycles. The van der Waals surface area contributed by atoms with Gasteiger partial charge >= 0.3 is 5.56 Å². The summed E-state index contributed by atoms with van der Waals surface area (Å²) < 4.78 is 4.27. The van der Waals surface area contributed by atoms with Crippen molar-refractivity contribution in [3.8, 4) is 0 Å². The van der Waals surface area contributed by atoms with Crippen molar-refractivity contribution < 1.29 is 4.57 Å². The summed E-state index contributed by atoms with van der Waals surface area (Å²) in [6.45, 7) is 13.3. The van der Waals surface area contributed by atoms with E-state index in [1.165, 1.54) is 16.3 Å². The van der Waals surface area contributed by atoms with Crippen molar-refractivity contribution in [3.63, 3.8) is 0 Å². The Morgan fingerprint density at radius 1 is 1.08 bits per heavy atom. The van der Waals surface area contributed by atoms with E-state index in [4.69, 9.17) is 0 Å². The molecule has 0 spiro atoms. The van der Waals surface area contributed by atoms with Crippen molar-refractivity contribution >= 4 is 16.4 Å². The topological polar surface area (TPSA) is 25.4 Å². The Morgan fingerprint density at radius 2 is 1.80 bits per heavy atom. The minimum absolute atomic E-state index is 0.0110. The third-order valence-corrected chi connectivity index (χ3v) is 7.08. The molecule has 0 amide bonds. The second-order valence-electron chi connectivity index (χ2n) is 8.03. The van der Waals surface area contributed by atoms with Crippen LogP contribution in [0.15, 0.2) is 35.4 Å². The summed E-state index contributed by atoms with van der Waals surface area (Å²) in [5, 5.41) is 2.50. The number of hydrogen-bond donors (Lipinski definition) is 0. The summed E-state index contributed by atoms with van der Waals surface area (Å²) in [7, 11) is 0. The van der Waals surface area contributed by atoms with Crippen molar-refractivity contribution in [3.05, 3.63) is 57.6 Å². The number of aromatic nitrogens is 2. The Balaban J connectivity index is 2.42. The van der Waals surface area contributed by atoms with Gasteiger partial charge in [-0.1, -0.05) is 39.0 Å². The van der Waals surface area contributed by atoms with Crippen LogP contribution >= 0.6 is 0 Å². The maximum Gasteiger partial charge on any atom is 0.345 e. The van der Waals surface area contributed by atoms with E-state index in [1.54, 1.807) is 0 Å². The Kier molecular flexibility index (Phi) is 3.22. The average Bonchev–Trinajstić information content (AvgIpc) is 2.62. The molecule has 0 bridgehead atoms. The fraction of sp³-hybridized carbons (Fsp3) is 0.455. The van der Waals surface area contributed by atoms with E-state index in [9.17, 15) is 4.79 Å². The van der Waals surface area contributed by atoms with Crippen LogP contribution in [0.3, 0.4) is 0 Å². The SMILES string of the molecule is CCC1(C)c2cccc3c(C)cn4c(=O)c(C)c[n+](c4c23)C1(C)CC. The van der Waals surface area contributed by atoms with E-state index in [2.05, 4.69) is 63.6 Å². The van der Waals surface area contributed by atoms with E-state index in [-0.39, 0.29) is 16.5 Å². The van der Waals surface area contributed by atoms with Gasteiger partial charge in [0.05, 0.1) is 10.9 Å². The summed E-state index contributed by atoms with van der Waals surface area (Å²) in [5.74, 6) is 0. The van der Waals surface area contributed by atoms with E-state index < -0.39 is 0 Å². The zero-order valence-corrected chi connectivity index (χ0v) is 16.1. The van der Waals surface area contributed by atoms with Gasteiger partial charge in [0.25, 0.3) is 5.65 Å². The molecule has 2 atom stereocenters. The van der Waals surface area contributed by atoms with Crippen LogP contribution in [0.5, 0.6) is 0 Å². The molecular formula is C22H27N2O+. The van der Waals surface area contributed by atoms with Gasteiger partial charge in [0.1, 0.15) is 17.9 Å². The number of nitrogens with zero attached hydrogens (tertiary/aromatic N) is 2. The molecule has 25 heavy (non-hydrogen) atoms. The smallest absolute Gasteiger partial charge is 0.241 e. The monoisotopic (exact) mass is 335 g/mol. The van der Waals surface area contributed by atoms with E-state index in [0.717, 1.165) is 29.6 Å². The largest absolute Gasteiger partial charge is 0.345 e. The Bertz CT molecular complexity index is 1090. The van der Waals surface area contributed by atoms with Gasteiger partial charge in [-0.25, -0.2) is 9.36 Å². The first kappa shape index (κ1) is 16.3. The predicted octanol–water partition coefficient (Wildman–Crippen LogP) is 4.16. The van der Waals surface area contributed by atoms with Crippen LogP contribution in [-0.2, 0) is 11.0 Å². The first-order valence-electron chi connectivity index (χ1n) is 9.31. The lowest BCUT2D eigenvalue weighted by atomic mass is 9.61. The second-order valence-corrected chi connectivity index (χ2v) is 8.03. The molecule has 2 unspecified atom stereocenters. The van der Waals surface area contributed by atoms with Crippen LogP contribution in [-0.4, -0.2) is 4.40 Å². The van der Waals surface area contributed by atoms with Crippen molar-refractivity contribution in [2.75, 3.05) is 0 Å². The number of rotatable bonds is 2. The molecule has 1 aliphatic heterocycles. The Hall–Kier alpha value is -2.16. The van der Waals surface area contributed by atoms with Gasteiger partial charge < -0.3 is 0 Å². The van der Waals surface area contributed by atoms with E-state index >= 15 is 0 Å². The molecule has 1 aromatic carbocycles. The molecule has 4 rings (SSSR count). The summed E-state index contributed by atoms with van der Waals surface area (Å²) in [5.41, 5.74) is 4.39. The Labute approximate surface area is 148 Å². The quantitative estimate of drug-likeness (QED) is 0.510. The highest BCUT2D eigenvalue weighted by atomic mass is 16.1. The van der Waals surface area contributed by atoms with Crippen molar-refractivity contribution in [2.45, 2.75) is 65.3 Å². The summed E-state index contributed by atoms with van der Waals surface area (Å²) in [6, 6.07) is 6.63. The second kappa shape index (κ2) is 4.94. The van der Waals surface area contributed by atoms with E-state index in [1.807, 2.05) is 17.5 Å². The van der Waals surface area contributed by atoms with Gasteiger partial charge in [0.2, 0.25) is 0 Å². The first-order valence-corrected chi connectivity index (χ1v) is 9.31. The minimum atomic E-state index is -0.0813. The van der Waals surface area contributed by atoms with Crippen LogP contribution in [0.4, 0.5) is 0 Å². The van der Waals surface area contributed by atoms with Gasteiger partial charge in [-0.05, 0) is 50.1 Å². The molecule has 3 aromatic rings. The van der Waals surface area contributed by atoms with Crippen LogP contribution in [0.2, 0.25) is 0 Å². The van der Waals surface area contributed by atoms with Crippen molar-refractivity contribution in [1.82, 2.24) is 4.40 Å². The molecule has 0 fully saturated rings. The van der Waals surface area contributed by atoms with Crippen molar-refractivity contribution in [2.24, 2.45) is 0 Å². The summed E-state index contributed by atoms with van der Waals surface area (Å²) in [4.78, 5) is 12.9. The maximum absolute atomic E-state index is 12.9. The molecule has 0 N–H and O–H groups in total. The van der Waals surface area contributed by atoms with Gasteiger partial charge in [0.15, 0.2) is 0 Å². The highest BCUT2D eigenvalue weighted by Crippen LogP contribution is 2.48. The van der Waals surface area contributed by atoms with Crippen LogP contribution < -0.4 is 10.1 Å². The third-order valence-electron chi connectivity index (χ3n) is 7.08. The van der Waals surface area contributed by atoms with E-state index in [0.29, 0.717) is 0 Å². The zero-order valence-electron chi connectivity index (χ0n) is 16.1. The molecule has 130 valence electrons. The molecule has 3 nitrogen and oxygen atoms in total. The molecule has 0 saturated heterocycles. The van der Waals surface area contributed by atoms with Gasteiger partial charge in [-0.15, -0.1) is 0 Å². The molecule has 2 aromatic heterocycles. The first-order chi connectivity index (χ1) is 11.8. The molecular weight excluding hydrogens is 308 g/mol. The van der Waals surface area contributed by atoms with Gasteiger partial charge in [-0.2, -0.15) is 4.40 Å². The summed E-state index contributed by atoms with van der Waals surface area (Å²) in [6.07, 6.45) is 6.16. The molecule has 3 heterocycles. The molecule has 0 radical (unpaired) electrons. The highest BCUT2D eigenvalue weighted by molar-refractivity contribution is 5.98. The zero-order chi connectivity index (χ0) is 18.1. The van der Waals surface area contributed by atoms with Crippen LogP contribution in [0.1, 0.15) is 57.2 Å². The van der Waals surface area contributed by atoms with Gasteiger partial charge in [0, 0.05) is 5.41 Å². The fourth-order valence-corrected chi connectivity index (χ4v) is 4.98. The standard InChI is InChI=1S/C22H27N2O/c1-7-21(5)17-11-9-10-16-14(3)12-23-19(18(16)17)24(22(21,6)8-2)13-15(4)20(23)25/h9-13H,7-8H2,1-6H3/q+1. The number of benzene rings is 1. The van der Waals surface area contributed by atoms with Gasteiger partial charge in [-0.3, -0.25) is 0 Å². The molecule has 3 heteroatoms. The number of pyridine rings is 1. The fourth-order valence-electron chi connectivity index (χ4n) is 4.98. The highest BCUT2D eigenvalue weighted by Gasteiger charge is 2.53. The van der Waals surface area contributed by atoms with Crippen LogP contribution in [0.25, 0.3) is 16.4 Å². The number of aryl methyl sites for hydroxylation is 2. The van der Waals surface area contributed by atoms with Crippen molar-refractivity contribution in [1.29, 1.82) is 0 Å². The molecule has 0 aliphatic carbocycles. The third kappa shape index (κ3) is 1.71. The lowest BCUT2D eigenvalue weighted by Crippen LogP contribution is -2.67. The predicted molar refractivity (Wildman–Crippen MR) is 102 cm³/mol.